The van der Waals surface area contributed by atoms with E-state index < -0.39 is 11.9 Å². The van der Waals surface area contributed by atoms with Crippen molar-refractivity contribution in [2.75, 3.05) is 50.3 Å². The first-order chi connectivity index (χ1) is 15.8. The first kappa shape index (κ1) is 23.4. The van der Waals surface area contributed by atoms with Gasteiger partial charge in [0, 0.05) is 36.1 Å². The molecule has 2 amide bonds. The van der Waals surface area contributed by atoms with Gasteiger partial charge in [-0.25, -0.2) is 14.4 Å². The zero-order valence-corrected chi connectivity index (χ0v) is 18.2. The molecule has 0 bridgehead atoms. The van der Waals surface area contributed by atoms with Gasteiger partial charge in [0.25, 0.3) is 0 Å². The third-order valence-electron chi connectivity index (χ3n) is 4.88. The Morgan fingerprint density at radius 1 is 0.879 bits per heavy atom. The average molecular weight is 456 g/mol. The van der Waals surface area contributed by atoms with E-state index in [9.17, 15) is 14.4 Å². The number of carbonyl (C=O) groups excluding carboxylic acids is 3. The van der Waals surface area contributed by atoms with Crippen LogP contribution in [0.4, 0.5) is 16.2 Å². The van der Waals surface area contributed by atoms with Gasteiger partial charge in [0.1, 0.15) is 5.84 Å². The fraction of sp³-hybridized carbons (Fsp3) is 0.273. The Labute approximate surface area is 190 Å². The third kappa shape index (κ3) is 5.50. The van der Waals surface area contributed by atoms with Gasteiger partial charge in [-0.3, -0.25) is 15.2 Å². The fourth-order valence-electron chi connectivity index (χ4n) is 3.12. The van der Waals surface area contributed by atoms with Crippen molar-refractivity contribution in [1.82, 2.24) is 0 Å². The molecule has 1 saturated heterocycles. The molecular weight excluding hydrogens is 432 g/mol. The Morgan fingerprint density at radius 3 is 1.94 bits per heavy atom. The van der Waals surface area contributed by atoms with Crippen molar-refractivity contribution < 1.29 is 33.3 Å². The molecule has 1 aliphatic rings. The number of amides is 2. The second kappa shape index (κ2) is 10.4. The van der Waals surface area contributed by atoms with Gasteiger partial charge >= 0.3 is 18.0 Å². The number of nitrogens with two attached hydrogens (primary N) is 1. The number of amidine groups is 1. The van der Waals surface area contributed by atoms with Crippen LogP contribution >= 0.6 is 0 Å². The lowest BCUT2D eigenvalue weighted by Gasteiger charge is -2.20. The van der Waals surface area contributed by atoms with Gasteiger partial charge in [0.2, 0.25) is 0 Å². The van der Waals surface area contributed by atoms with Crippen LogP contribution < -0.4 is 25.0 Å². The number of urea groups is 1. The van der Waals surface area contributed by atoms with Gasteiger partial charge in [0.05, 0.1) is 14.2 Å². The molecule has 174 valence electrons. The predicted molar refractivity (Wildman–Crippen MR) is 119 cm³/mol. The Hall–Kier alpha value is -4.28. The van der Waals surface area contributed by atoms with E-state index in [4.69, 9.17) is 20.6 Å². The van der Waals surface area contributed by atoms with Crippen LogP contribution in [0.3, 0.4) is 0 Å². The lowest BCUT2D eigenvalue weighted by Crippen LogP contribution is -2.31. The maximum Gasteiger partial charge on any atom is 0.343 e. The number of benzene rings is 2. The number of nitrogens with one attached hydrogen (secondary N) is 1. The number of nitrogens with zero attached hydrogens (tertiary/aromatic N) is 2. The molecular formula is C22H24N4O7. The van der Waals surface area contributed by atoms with Crippen molar-refractivity contribution in [3.63, 3.8) is 0 Å². The fourth-order valence-corrected chi connectivity index (χ4v) is 3.12. The molecule has 0 unspecified atom stereocenters. The summed E-state index contributed by atoms with van der Waals surface area (Å²) in [6.45, 7) is 0.123. The molecule has 0 radical (unpaired) electrons. The van der Waals surface area contributed by atoms with Crippen LogP contribution in [0.25, 0.3) is 0 Å². The van der Waals surface area contributed by atoms with Crippen LogP contribution in [-0.4, -0.2) is 64.3 Å². The first-order valence-corrected chi connectivity index (χ1v) is 9.90. The van der Waals surface area contributed by atoms with Crippen LogP contribution in [0, 0.1) is 5.41 Å². The zero-order chi connectivity index (χ0) is 24.0. The van der Waals surface area contributed by atoms with Crippen molar-refractivity contribution >= 4 is 35.2 Å². The van der Waals surface area contributed by atoms with Gasteiger partial charge in [-0.05, 0) is 36.4 Å². The van der Waals surface area contributed by atoms with Crippen LogP contribution in [0.15, 0.2) is 42.5 Å². The highest BCUT2D eigenvalue weighted by Crippen LogP contribution is 2.34. The summed E-state index contributed by atoms with van der Waals surface area (Å²) in [6, 6.07) is 11.3. The first-order valence-electron chi connectivity index (χ1n) is 9.90. The Kier molecular flexibility index (Phi) is 7.34. The molecule has 1 aliphatic heterocycles. The summed E-state index contributed by atoms with van der Waals surface area (Å²) < 4.78 is 20.1. The number of anilines is 2. The van der Waals surface area contributed by atoms with E-state index in [2.05, 4.69) is 9.47 Å². The number of ether oxygens (including phenoxy) is 4. The van der Waals surface area contributed by atoms with Gasteiger partial charge in [0.15, 0.2) is 24.7 Å². The minimum absolute atomic E-state index is 0.0510. The third-order valence-corrected chi connectivity index (χ3v) is 4.88. The lowest BCUT2D eigenvalue weighted by atomic mass is 10.2. The zero-order valence-electron chi connectivity index (χ0n) is 18.2. The van der Waals surface area contributed by atoms with Crippen LogP contribution in [0.1, 0.15) is 5.56 Å². The Bertz CT molecular complexity index is 1060. The lowest BCUT2D eigenvalue weighted by molar-refractivity contribution is -0.144. The summed E-state index contributed by atoms with van der Waals surface area (Å²) in [5.41, 5.74) is 7.25. The number of rotatable bonds is 9. The van der Waals surface area contributed by atoms with Crippen molar-refractivity contribution in [3.05, 3.63) is 48.0 Å². The van der Waals surface area contributed by atoms with Crippen LogP contribution in [0.5, 0.6) is 11.5 Å². The van der Waals surface area contributed by atoms with E-state index in [0.717, 1.165) is 0 Å². The summed E-state index contributed by atoms with van der Waals surface area (Å²) in [5, 5.41) is 7.49. The van der Waals surface area contributed by atoms with E-state index >= 15 is 0 Å². The van der Waals surface area contributed by atoms with Crippen molar-refractivity contribution in [1.29, 1.82) is 5.41 Å². The summed E-state index contributed by atoms with van der Waals surface area (Å²) in [7, 11) is 2.47. The smallest absolute Gasteiger partial charge is 0.343 e. The highest BCUT2D eigenvalue weighted by atomic mass is 16.6. The van der Waals surface area contributed by atoms with E-state index in [1.54, 1.807) is 52.3 Å². The molecule has 1 fully saturated rings. The van der Waals surface area contributed by atoms with Crippen LogP contribution in [-0.2, 0) is 19.1 Å². The number of nitrogen functional groups attached to an aromatic ring is 1. The molecule has 2 aromatic rings. The number of hydrogen-bond donors (Lipinski definition) is 2. The normalized spacial score (nSPS) is 13.0. The van der Waals surface area contributed by atoms with Gasteiger partial charge < -0.3 is 24.7 Å². The van der Waals surface area contributed by atoms with E-state index in [-0.39, 0.29) is 36.6 Å². The van der Waals surface area contributed by atoms with Crippen molar-refractivity contribution in [3.8, 4) is 11.5 Å². The molecule has 3 N–H and O–H groups in total. The summed E-state index contributed by atoms with van der Waals surface area (Å²) >= 11 is 0. The second-order valence-electron chi connectivity index (χ2n) is 6.91. The molecule has 3 rings (SSSR count). The minimum atomic E-state index is -0.600. The number of esters is 2. The van der Waals surface area contributed by atoms with Crippen LogP contribution in [0.2, 0.25) is 0 Å². The Morgan fingerprint density at radius 2 is 1.39 bits per heavy atom. The maximum atomic E-state index is 13.1. The number of hydrogen-bond acceptors (Lipinski definition) is 8. The quantitative estimate of drug-likeness (QED) is 0.328. The average Bonchev–Trinajstić information content (AvgIpc) is 3.22. The predicted octanol–water partition coefficient (Wildman–Crippen LogP) is 1.52. The molecule has 11 heteroatoms. The molecule has 0 aliphatic carbocycles. The van der Waals surface area contributed by atoms with Gasteiger partial charge in [-0.2, -0.15) is 0 Å². The minimum Gasteiger partial charge on any atom is -0.478 e. The molecule has 1 heterocycles. The number of methoxy groups -OCH3 is 2. The topological polar surface area (TPSA) is 144 Å². The summed E-state index contributed by atoms with van der Waals surface area (Å²) in [5.74, 6) is -0.865. The molecule has 0 saturated carbocycles. The highest BCUT2D eigenvalue weighted by Gasteiger charge is 2.31. The monoisotopic (exact) mass is 456 g/mol. The molecule has 11 nitrogen and oxygen atoms in total. The summed E-state index contributed by atoms with van der Waals surface area (Å²) in [6.07, 6.45) is 0. The van der Waals surface area contributed by atoms with Crippen molar-refractivity contribution in [2.45, 2.75) is 0 Å². The largest absolute Gasteiger partial charge is 0.478 e. The highest BCUT2D eigenvalue weighted by molar-refractivity contribution is 6.06. The summed E-state index contributed by atoms with van der Waals surface area (Å²) in [4.78, 5) is 39.1. The molecule has 0 spiro atoms. The molecule has 33 heavy (non-hydrogen) atoms. The molecule has 2 aromatic carbocycles. The second-order valence-corrected chi connectivity index (χ2v) is 6.91. The van der Waals surface area contributed by atoms with E-state index in [1.807, 2.05) is 0 Å². The molecule has 0 aromatic heterocycles. The maximum absolute atomic E-state index is 13.1. The standard InChI is InChI=1S/C22H24N4O7/c1-30-19(27)12-32-17-8-7-16(11-18(17)33-13-20(28)31-2)26-10-9-25(22(26)29)15-5-3-14(4-6-15)21(23)24/h3-8,11H,9-10,12-13H2,1-2H3,(H3,23,24). The number of carbonyl (C=O) groups is 3. The van der Waals surface area contributed by atoms with E-state index in [1.165, 1.54) is 14.2 Å². The van der Waals surface area contributed by atoms with Gasteiger partial charge in [-0.1, -0.05) is 0 Å². The van der Waals surface area contributed by atoms with E-state index in [0.29, 0.717) is 30.0 Å². The Balaban J connectivity index is 1.80. The van der Waals surface area contributed by atoms with Crippen molar-refractivity contribution in [2.24, 2.45) is 5.73 Å². The van der Waals surface area contributed by atoms with Gasteiger partial charge in [-0.15, -0.1) is 0 Å². The SMILES string of the molecule is COC(=O)COc1ccc(N2CCN(c3ccc(C(=N)N)cc3)C2=O)cc1OCC(=O)OC. The molecule has 0 atom stereocenters.